The van der Waals surface area contributed by atoms with Crippen molar-refractivity contribution in [1.82, 2.24) is 4.90 Å². The zero-order valence-corrected chi connectivity index (χ0v) is 14.6. The molecule has 5 heteroatoms. The van der Waals surface area contributed by atoms with Crippen molar-refractivity contribution < 1.29 is 4.79 Å². The monoisotopic (exact) mass is 378 g/mol. The minimum absolute atomic E-state index is 0.200. The summed E-state index contributed by atoms with van der Waals surface area (Å²) in [6.45, 7) is 2.16. The number of hydrogen-bond donors (Lipinski definition) is 1. The van der Waals surface area contributed by atoms with E-state index in [0.29, 0.717) is 24.8 Å². The molecule has 1 amide bonds. The van der Waals surface area contributed by atoms with Crippen molar-refractivity contribution in [3.05, 3.63) is 56.7 Å². The van der Waals surface area contributed by atoms with Gasteiger partial charge in [0, 0.05) is 23.9 Å². The molecule has 0 bridgehead atoms. The largest absolute Gasteiger partial charge is 0.341 e. The predicted octanol–water partition coefficient (Wildman–Crippen LogP) is 3.25. The minimum atomic E-state index is 0.200. The number of thiophene rings is 1. The number of likely N-dealkylation sites (tertiary alicyclic amines) is 1. The molecule has 1 fully saturated rings. The molecule has 0 saturated carbocycles. The second kappa shape index (κ2) is 6.94. The molecule has 1 saturated heterocycles. The van der Waals surface area contributed by atoms with Gasteiger partial charge in [-0.2, -0.15) is 0 Å². The van der Waals surface area contributed by atoms with Crippen molar-refractivity contribution in [2.45, 2.75) is 12.3 Å². The fourth-order valence-electron chi connectivity index (χ4n) is 3.10. The molecule has 0 radical (unpaired) electrons. The summed E-state index contributed by atoms with van der Waals surface area (Å²) in [5.74, 6) is 0.901. The van der Waals surface area contributed by atoms with Gasteiger partial charge in [0.25, 0.3) is 0 Å². The van der Waals surface area contributed by atoms with E-state index in [2.05, 4.69) is 40.2 Å². The standard InChI is InChI=1S/C17H19BrN2OS/c18-16-7-6-14(22-16)8-17(21)20-10-13(9-19)15(11-20)12-4-2-1-3-5-12/h1-7,13,15H,8-11,19H2/t13-,15+/m1/s1. The summed E-state index contributed by atoms with van der Waals surface area (Å²) in [5, 5.41) is 0. The van der Waals surface area contributed by atoms with Crippen LogP contribution >= 0.6 is 27.3 Å². The first kappa shape index (κ1) is 15.7. The first-order valence-electron chi connectivity index (χ1n) is 7.44. The number of amides is 1. The Morgan fingerprint density at radius 3 is 2.64 bits per heavy atom. The number of benzene rings is 1. The molecule has 2 aromatic rings. The van der Waals surface area contributed by atoms with Gasteiger partial charge < -0.3 is 10.6 Å². The van der Waals surface area contributed by atoms with Crippen LogP contribution in [0.2, 0.25) is 0 Å². The summed E-state index contributed by atoms with van der Waals surface area (Å²) in [6, 6.07) is 14.4. The van der Waals surface area contributed by atoms with E-state index in [9.17, 15) is 4.79 Å². The summed E-state index contributed by atoms with van der Waals surface area (Å²) in [5.41, 5.74) is 7.22. The number of nitrogens with two attached hydrogens (primary N) is 1. The molecule has 0 spiro atoms. The molecule has 1 aliphatic rings. The first-order valence-corrected chi connectivity index (χ1v) is 9.05. The van der Waals surface area contributed by atoms with Crippen molar-refractivity contribution in [2.75, 3.05) is 19.6 Å². The molecule has 1 aliphatic heterocycles. The third kappa shape index (κ3) is 3.42. The van der Waals surface area contributed by atoms with Crippen LogP contribution in [0.1, 0.15) is 16.4 Å². The Balaban J connectivity index is 1.69. The summed E-state index contributed by atoms with van der Waals surface area (Å²) >= 11 is 5.07. The van der Waals surface area contributed by atoms with Gasteiger partial charge in [-0.05, 0) is 46.1 Å². The Morgan fingerprint density at radius 1 is 1.23 bits per heavy atom. The highest BCUT2D eigenvalue weighted by Crippen LogP contribution is 2.32. The van der Waals surface area contributed by atoms with Crippen molar-refractivity contribution >= 4 is 33.2 Å². The second-order valence-electron chi connectivity index (χ2n) is 5.69. The Bertz CT molecular complexity index is 643. The predicted molar refractivity (Wildman–Crippen MR) is 94.0 cm³/mol. The summed E-state index contributed by atoms with van der Waals surface area (Å²) in [4.78, 5) is 15.6. The maximum atomic E-state index is 12.5. The van der Waals surface area contributed by atoms with Crippen molar-refractivity contribution in [3.8, 4) is 0 Å². The number of nitrogens with zero attached hydrogens (tertiary/aromatic N) is 1. The van der Waals surface area contributed by atoms with E-state index < -0.39 is 0 Å². The molecule has 1 aromatic heterocycles. The van der Waals surface area contributed by atoms with Crippen molar-refractivity contribution in [3.63, 3.8) is 0 Å². The molecule has 116 valence electrons. The SMILES string of the molecule is NC[C@@H]1CN(C(=O)Cc2ccc(Br)s2)C[C@H]1c1ccccc1. The maximum Gasteiger partial charge on any atom is 0.227 e. The highest BCUT2D eigenvalue weighted by Gasteiger charge is 2.35. The van der Waals surface area contributed by atoms with Crippen molar-refractivity contribution in [2.24, 2.45) is 11.7 Å². The van der Waals surface area contributed by atoms with Crippen LogP contribution in [0.3, 0.4) is 0 Å². The molecule has 2 heterocycles. The number of carbonyl (C=O) groups excluding carboxylic acids is 1. The van der Waals surface area contributed by atoms with Crippen LogP contribution in [0.15, 0.2) is 46.3 Å². The molecule has 0 unspecified atom stereocenters. The lowest BCUT2D eigenvalue weighted by Crippen LogP contribution is -2.30. The van der Waals surface area contributed by atoms with E-state index >= 15 is 0 Å². The van der Waals surface area contributed by atoms with Gasteiger partial charge in [-0.3, -0.25) is 4.79 Å². The molecule has 0 aliphatic carbocycles. The summed E-state index contributed by atoms with van der Waals surface area (Å²) in [6.07, 6.45) is 0.481. The Morgan fingerprint density at radius 2 is 2.00 bits per heavy atom. The number of hydrogen-bond acceptors (Lipinski definition) is 3. The van der Waals surface area contributed by atoms with E-state index in [1.807, 2.05) is 23.1 Å². The molecule has 1 aromatic carbocycles. The highest BCUT2D eigenvalue weighted by molar-refractivity contribution is 9.11. The van der Waals surface area contributed by atoms with Gasteiger partial charge >= 0.3 is 0 Å². The van der Waals surface area contributed by atoms with E-state index in [4.69, 9.17) is 5.73 Å². The Kier molecular flexibility index (Phi) is 4.96. The van der Waals surface area contributed by atoms with E-state index in [1.165, 1.54) is 5.56 Å². The summed E-state index contributed by atoms with van der Waals surface area (Å²) in [7, 11) is 0. The van der Waals surface area contributed by atoms with Gasteiger partial charge in [-0.15, -0.1) is 11.3 Å². The fraction of sp³-hybridized carbons (Fsp3) is 0.353. The van der Waals surface area contributed by atoms with Gasteiger partial charge in [0.1, 0.15) is 0 Å². The molecular formula is C17H19BrN2OS. The molecule has 3 rings (SSSR count). The van der Waals surface area contributed by atoms with Crippen LogP contribution in [0.5, 0.6) is 0 Å². The molecule has 22 heavy (non-hydrogen) atoms. The van der Waals surface area contributed by atoms with Crippen LogP contribution in [0.25, 0.3) is 0 Å². The lowest BCUT2D eigenvalue weighted by Gasteiger charge is -2.16. The third-order valence-electron chi connectivity index (χ3n) is 4.28. The van der Waals surface area contributed by atoms with E-state index in [-0.39, 0.29) is 5.91 Å². The van der Waals surface area contributed by atoms with Gasteiger partial charge in [0.2, 0.25) is 5.91 Å². The van der Waals surface area contributed by atoms with Crippen LogP contribution in [0, 0.1) is 5.92 Å². The first-order chi connectivity index (χ1) is 10.7. The van der Waals surface area contributed by atoms with E-state index in [1.54, 1.807) is 11.3 Å². The maximum absolute atomic E-state index is 12.5. The number of carbonyl (C=O) groups is 1. The smallest absolute Gasteiger partial charge is 0.227 e. The zero-order chi connectivity index (χ0) is 15.5. The normalized spacial score (nSPS) is 21.3. The molecule has 2 N–H and O–H groups in total. The molecular weight excluding hydrogens is 360 g/mol. The number of rotatable bonds is 4. The van der Waals surface area contributed by atoms with Crippen LogP contribution in [-0.2, 0) is 11.2 Å². The third-order valence-corrected chi connectivity index (χ3v) is 5.90. The average molecular weight is 379 g/mol. The van der Waals surface area contributed by atoms with Gasteiger partial charge in [-0.1, -0.05) is 30.3 Å². The Hall–Kier alpha value is -1.17. The van der Waals surface area contributed by atoms with Crippen LogP contribution < -0.4 is 5.73 Å². The fourth-order valence-corrected chi connectivity index (χ4v) is 4.57. The zero-order valence-electron chi connectivity index (χ0n) is 12.2. The topological polar surface area (TPSA) is 46.3 Å². The van der Waals surface area contributed by atoms with Gasteiger partial charge in [0.15, 0.2) is 0 Å². The minimum Gasteiger partial charge on any atom is -0.341 e. The number of halogens is 1. The van der Waals surface area contributed by atoms with Crippen LogP contribution in [0.4, 0.5) is 0 Å². The highest BCUT2D eigenvalue weighted by atomic mass is 79.9. The Labute approximate surface area is 143 Å². The summed E-state index contributed by atoms with van der Waals surface area (Å²) < 4.78 is 1.07. The van der Waals surface area contributed by atoms with Crippen molar-refractivity contribution in [1.29, 1.82) is 0 Å². The quantitative estimate of drug-likeness (QED) is 0.887. The lowest BCUT2D eigenvalue weighted by molar-refractivity contribution is -0.129. The second-order valence-corrected chi connectivity index (χ2v) is 8.24. The molecule has 3 nitrogen and oxygen atoms in total. The van der Waals surface area contributed by atoms with Crippen LogP contribution in [-0.4, -0.2) is 30.4 Å². The molecule has 2 atom stereocenters. The van der Waals surface area contributed by atoms with E-state index in [0.717, 1.165) is 21.8 Å². The van der Waals surface area contributed by atoms with Gasteiger partial charge in [0.05, 0.1) is 10.2 Å². The van der Waals surface area contributed by atoms with Gasteiger partial charge in [-0.25, -0.2) is 0 Å². The lowest BCUT2D eigenvalue weighted by atomic mass is 9.89. The average Bonchev–Trinajstić information content (AvgIpc) is 3.14.